The minimum atomic E-state index is -0.318. The highest BCUT2D eigenvalue weighted by atomic mass is 79.9. The van der Waals surface area contributed by atoms with Crippen LogP contribution in [0.25, 0.3) is 0 Å². The van der Waals surface area contributed by atoms with E-state index in [1.807, 2.05) is 6.92 Å². The van der Waals surface area contributed by atoms with Crippen LogP contribution < -0.4 is 4.74 Å². The zero-order valence-electron chi connectivity index (χ0n) is 7.77. The number of hydrogen-bond acceptors (Lipinski definition) is 1. The molecule has 0 fully saturated rings. The molecule has 0 N–H and O–H groups in total. The fraction of sp³-hybridized carbons (Fsp3) is 0.400. The fourth-order valence-electron chi connectivity index (χ4n) is 0.850. The monoisotopic (exact) mass is 280 g/mol. The smallest absolute Gasteiger partial charge is 0.141 e. The molecule has 0 aliphatic carbocycles. The first-order valence-corrected chi connectivity index (χ1v) is 5.60. The van der Waals surface area contributed by atoms with Crippen LogP contribution in [0.3, 0.4) is 0 Å². The van der Waals surface area contributed by atoms with Crippen LogP contribution >= 0.6 is 27.5 Å². The molecular formula is C10H11BrClFO. The van der Waals surface area contributed by atoms with E-state index in [2.05, 4.69) is 15.9 Å². The molecular weight excluding hydrogens is 270 g/mol. The predicted octanol–water partition coefficient (Wildman–Crippen LogP) is 3.84. The third-order valence-corrected chi connectivity index (χ3v) is 2.86. The first kappa shape index (κ1) is 11.8. The van der Waals surface area contributed by atoms with Gasteiger partial charge in [-0.2, -0.15) is 0 Å². The van der Waals surface area contributed by atoms with Gasteiger partial charge in [0, 0.05) is 17.9 Å². The van der Waals surface area contributed by atoms with E-state index in [0.717, 1.165) is 0 Å². The van der Waals surface area contributed by atoms with E-state index in [9.17, 15) is 4.39 Å². The van der Waals surface area contributed by atoms with Gasteiger partial charge in [-0.25, -0.2) is 4.39 Å². The van der Waals surface area contributed by atoms with Crippen LogP contribution in [-0.2, 0) is 0 Å². The van der Waals surface area contributed by atoms with Crippen molar-refractivity contribution in [2.24, 2.45) is 5.92 Å². The fourth-order valence-corrected chi connectivity index (χ4v) is 1.19. The molecule has 0 aromatic heterocycles. The normalized spacial score (nSPS) is 12.6. The van der Waals surface area contributed by atoms with Crippen molar-refractivity contribution in [3.05, 3.63) is 28.5 Å². The Balaban J connectivity index is 2.55. The summed E-state index contributed by atoms with van der Waals surface area (Å²) in [6.07, 6.45) is 0. The summed E-state index contributed by atoms with van der Waals surface area (Å²) in [6.45, 7) is 2.48. The third kappa shape index (κ3) is 3.46. The number of hydrogen-bond donors (Lipinski definition) is 0. The van der Waals surface area contributed by atoms with Crippen molar-refractivity contribution in [2.45, 2.75) is 6.92 Å². The second-order valence-corrected chi connectivity index (χ2v) is 4.31. The van der Waals surface area contributed by atoms with Gasteiger partial charge < -0.3 is 4.74 Å². The summed E-state index contributed by atoms with van der Waals surface area (Å²) < 4.78 is 18.8. The summed E-state index contributed by atoms with van der Waals surface area (Å²) in [5.41, 5.74) is 0. The molecule has 0 aliphatic rings. The Morgan fingerprint density at radius 2 is 2.29 bits per heavy atom. The van der Waals surface area contributed by atoms with E-state index in [1.165, 1.54) is 6.07 Å². The average molecular weight is 282 g/mol. The van der Waals surface area contributed by atoms with Gasteiger partial charge in [-0.3, -0.25) is 0 Å². The van der Waals surface area contributed by atoms with Crippen LogP contribution in [0, 0.1) is 11.7 Å². The van der Waals surface area contributed by atoms with Crippen molar-refractivity contribution in [3.63, 3.8) is 0 Å². The van der Waals surface area contributed by atoms with Gasteiger partial charge in [0.05, 0.1) is 11.1 Å². The first-order chi connectivity index (χ1) is 6.63. The van der Waals surface area contributed by atoms with Gasteiger partial charge in [0.1, 0.15) is 11.6 Å². The van der Waals surface area contributed by atoms with Crippen LogP contribution in [-0.4, -0.2) is 12.5 Å². The molecule has 14 heavy (non-hydrogen) atoms. The summed E-state index contributed by atoms with van der Waals surface area (Å²) in [5, 5.41) is 0. The number of benzene rings is 1. The van der Waals surface area contributed by atoms with Gasteiger partial charge in [-0.15, -0.1) is 11.6 Å². The zero-order valence-corrected chi connectivity index (χ0v) is 10.1. The predicted molar refractivity (Wildman–Crippen MR) is 59.5 cm³/mol. The lowest BCUT2D eigenvalue weighted by Gasteiger charge is -2.10. The summed E-state index contributed by atoms with van der Waals surface area (Å²) in [6, 6.07) is 4.69. The molecule has 0 bridgehead atoms. The molecule has 1 aromatic carbocycles. The molecule has 0 heterocycles. The maximum absolute atomic E-state index is 13.0. The average Bonchev–Trinajstić information content (AvgIpc) is 2.19. The Bertz CT molecular complexity index is 306. The van der Waals surface area contributed by atoms with E-state index in [-0.39, 0.29) is 11.7 Å². The third-order valence-electron chi connectivity index (χ3n) is 1.69. The lowest BCUT2D eigenvalue weighted by atomic mass is 10.2. The SMILES string of the molecule is CC(CCl)COc1ccc(Br)c(F)c1. The molecule has 0 radical (unpaired) electrons. The minimum Gasteiger partial charge on any atom is -0.493 e. The van der Waals surface area contributed by atoms with Gasteiger partial charge in [0.2, 0.25) is 0 Å². The molecule has 1 aromatic rings. The Morgan fingerprint density at radius 3 is 2.86 bits per heavy atom. The highest BCUT2D eigenvalue weighted by Crippen LogP contribution is 2.21. The number of alkyl halides is 1. The zero-order chi connectivity index (χ0) is 10.6. The molecule has 0 aliphatic heterocycles. The van der Waals surface area contributed by atoms with Gasteiger partial charge in [-0.05, 0) is 28.1 Å². The Kier molecular flexibility index (Phi) is 4.69. The molecule has 1 atom stereocenters. The van der Waals surface area contributed by atoms with E-state index in [4.69, 9.17) is 16.3 Å². The summed E-state index contributed by atoms with van der Waals surface area (Å²) in [7, 11) is 0. The highest BCUT2D eigenvalue weighted by molar-refractivity contribution is 9.10. The van der Waals surface area contributed by atoms with Gasteiger partial charge in [0.15, 0.2) is 0 Å². The molecule has 4 heteroatoms. The topological polar surface area (TPSA) is 9.23 Å². The van der Waals surface area contributed by atoms with Crippen LogP contribution in [0.5, 0.6) is 5.75 Å². The Morgan fingerprint density at radius 1 is 1.57 bits per heavy atom. The van der Waals surface area contributed by atoms with Crippen molar-refractivity contribution in [3.8, 4) is 5.75 Å². The summed E-state index contributed by atoms with van der Waals surface area (Å²) in [5.74, 6) is 1.02. The largest absolute Gasteiger partial charge is 0.493 e. The summed E-state index contributed by atoms with van der Waals surface area (Å²) >= 11 is 8.68. The number of ether oxygens (including phenoxy) is 1. The van der Waals surface area contributed by atoms with Crippen LogP contribution in [0.1, 0.15) is 6.92 Å². The van der Waals surface area contributed by atoms with E-state index < -0.39 is 0 Å². The van der Waals surface area contributed by atoms with Crippen LogP contribution in [0.2, 0.25) is 0 Å². The lowest BCUT2D eigenvalue weighted by Crippen LogP contribution is -2.09. The molecule has 0 spiro atoms. The maximum Gasteiger partial charge on any atom is 0.141 e. The van der Waals surface area contributed by atoms with E-state index in [1.54, 1.807) is 12.1 Å². The Labute approximate surface area is 96.3 Å². The molecule has 0 saturated heterocycles. The quantitative estimate of drug-likeness (QED) is 0.762. The maximum atomic E-state index is 13.0. The Hall–Kier alpha value is -0.280. The second-order valence-electron chi connectivity index (χ2n) is 3.15. The lowest BCUT2D eigenvalue weighted by molar-refractivity contribution is 0.271. The molecule has 0 amide bonds. The summed E-state index contributed by atoms with van der Waals surface area (Å²) in [4.78, 5) is 0. The van der Waals surface area contributed by atoms with Crippen molar-refractivity contribution in [1.82, 2.24) is 0 Å². The second kappa shape index (κ2) is 5.56. The highest BCUT2D eigenvalue weighted by Gasteiger charge is 2.04. The molecule has 1 unspecified atom stereocenters. The molecule has 1 rings (SSSR count). The standard InChI is InChI=1S/C10H11BrClFO/c1-7(5-12)6-14-8-2-3-9(11)10(13)4-8/h2-4,7H,5-6H2,1H3. The first-order valence-electron chi connectivity index (χ1n) is 4.27. The molecule has 78 valence electrons. The van der Waals surface area contributed by atoms with Gasteiger partial charge in [-0.1, -0.05) is 6.92 Å². The molecule has 1 nitrogen and oxygen atoms in total. The van der Waals surface area contributed by atoms with Crippen LogP contribution in [0.15, 0.2) is 22.7 Å². The minimum absolute atomic E-state index is 0.267. The van der Waals surface area contributed by atoms with Crippen molar-refractivity contribution in [1.29, 1.82) is 0 Å². The van der Waals surface area contributed by atoms with Crippen LogP contribution in [0.4, 0.5) is 4.39 Å². The van der Waals surface area contributed by atoms with Gasteiger partial charge in [0.25, 0.3) is 0 Å². The van der Waals surface area contributed by atoms with Crippen molar-refractivity contribution >= 4 is 27.5 Å². The van der Waals surface area contributed by atoms with Crippen molar-refractivity contribution in [2.75, 3.05) is 12.5 Å². The molecule has 0 saturated carbocycles. The number of rotatable bonds is 4. The number of halogens is 3. The van der Waals surface area contributed by atoms with E-state index in [0.29, 0.717) is 22.7 Å². The van der Waals surface area contributed by atoms with Crippen molar-refractivity contribution < 1.29 is 9.13 Å². The van der Waals surface area contributed by atoms with Gasteiger partial charge >= 0.3 is 0 Å². The van der Waals surface area contributed by atoms with E-state index >= 15 is 0 Å².